The molecule has 106 valence electrons. The Morgan fingerprint density at radius 3 is 2.79 bits per heavy atom. The second-order valence-electron chi connectivity index (χ2n) is 5.16. The molecular formula is C16H26N2O. The molecule has 0 saturated carbocycles. The lowest BCUT2D eigenvalue weighted by Gasteiger charge is -2.37. The Kier molecular flexibility index (Phi) is 5.83. The van der Waals surface area contributed by atoms with Crippen LogP contribution in [0.5, 0.6) is 0 Å². The van der Waals surface area contributed by atoms with Gasteiger partial charge in [0.15, 0.2) is 0 Å². The van der Waals surface area contributed by atoms with Crippen molar-refractivity contribution in [2.24, 2.45) is 0 Å². The maximum absolute atomic E-state index is 6.02. The van der Waals surface area contributed by atoms with Gasteiger partial charge in [-0.2, -0.15) is 0 Å². The molecule has 0 radical (unpaired) electrons. The van der Waals surface area contributed by atoms with Crippen molar-refractivity contribution in [1.29, 1.82) is 0 Å². The first-order chi connectivity index (χ1) is 9.35. The van der Waals surface area contributed by atoms with Crippen LogP contribution in [-0.2, 0) is 4.74 Å². The highest BCUT2D eigenvalue weighted by Gasteiger charge is 2.28. The summed E-state index contributed by atoms with van der Waals surface area (Å²) < 4.78 is 6.02. The number of rotatable bonds is 6. The van der Waals surface area contributed by atoms with Gasteiger partial charge in [0, 0.05) is 13.1 Å². The van der Waals surface area contributed by atoms with Gasteiger partial charge in [0.2, 0.25) is 0 Å². The minimum atomic E-state index is 0.252. The molecule has 1 heterocycles. The number of ether oxygens (including phenoxy) is 1. The molecule has 3 heteroatoms. The molecule has 1 saturated heterocycles. The van der Waals surface area contributed by atoms with Gasteiger partial charge in [0.1, 0.15) is 0 Å². The van der Waals surface area contributed by atoms with Crippen molar-refractivity contribution < 1.29 is 4.74 Å². The summed E-state index contributed by atoms with van der Waals surface area (Å²) in [6, 6.07) is 11.0. The van der Waals surface area contributed by atoms with Crippen LogP contribution in [0.2, 0.25) is 0 Å². The Bertz CT molecular complexity index is 353. The number of hydrogen-bond acceptors (Lipinski definition) is 3. The highest BCUT2D eigenvalue weighted by atomic mass is 16.5. The number of hydrogen-bond donors (Lipinski definition) is 1. The predicted molar refractivity (Wildman–Crippen MR) is 79.3 cm³/mol. The van der Waals surface area contributed by atoms with E-state index in [1.165, 1.54) is 18.5 Å². The second-order valence-corrected chi connectivity index (χ2v) is 5.16. The fourth-order valence-electron chi connectivity index (χ4n) is 2.80. The topological polar surface area (TPSA) is 24.5 Å². The number of benzene rings is 1. The monoisotopic (exact) mass is 262 g/mol. The molecule has 1 aliphatic rings. The van der Waals surface area contributed by atoms with Crippen molar-refractivity contribution in [3.05, 3.63) is 35.9 Å². The van der Waals surface area contributed by atoms with Crippen LogP contribution in [0, 0.1) is 0 Å². The molecule has 1 aromatic carbocycles. The summed E-state index contributed by atoms with van der Waals surface area (Å²) in [6.07, 6.45) is 1.46. The van der Waals surface area contributed by atoms with Gasteiger partial charge in [-0.15, -0.1) is 0 Å². The summed E-state index contributed by atoms with van der Waals surface area (Å²) in [6.45, 7) is 9.48. The summed E-state index contributed by atoms with van der Waals surface area (Å²) in [5.74, 6) is 0. The van der Waals surface area contributed by atoms with E-state index in [-0.39, 0.29) is 6.10 Å². The lowest BCUT2D eigenvalue weighted by Crippen LogP contribution is -2.48. The first-order valence-corrected chi connectivity index (χ1v) is 7.47. The third-order valence-corrected chi connectivity index (χ3v) is 3.67. The molecule has 0 aliphatic carbocycles. The van der Waals surface area contributed by atoms with Gasteiger partial charge in [-0.25, -0.2) is 0 Å². The van der Waals surface area contributed by atoms with E-state index in [0.29, 0.717) is 6.04 Å². The molecule has 3 nitrogen and oxygen atoms in total. The molecule has 1 aromatic rings. The van der Waals surface area contributed by atoms with E-state index < -0.39 is 0 Å². The molecule has 0 aromatic heterocycles. The van der Waals surface area contributed by atoms with Gasteiger partial charge in [0.05, 0.1) is 18.8 Å². The summed E-state index contributed by atoms with van der Waals surface area (Å²) >= 11 is 0. The Morgan fingerprint density at radius 2 is 2.11 bits per heavy atom. The van der Waals surface area contributed by atoms with E-state index in [0.717, 1.165) is 26.2 Å². The van der Waals surface area contributed by atoms with Gasteiger partial charge in [-0.3, -0.25) is 4.90 Å². The molecule has 1 aliphatic heterocycles. The first kappa shape index (κ1) is 14.5. The number of nitrogens with zero attached hydrogens (tertiary/aromatic N) is 1. The summed E-state index contributed by atoms with van der Waals surface area (Å²) in [4.78, 5) is 2.52. The lowest BCUT2D eigenvalue weighted by molar-refractivity contribution is -0.0468. The van der Waals surface area contributed by atoms with E-state index >= 15 is 0 Å². The first-order valence-electron chi connectivity index (χ1n) is 7.47. The number of likely N-dealkylation sites (N-methyl/N-ethyl adjacent to an activating group) is 1. The van der Waals surface area contributed by atoms with Gasteiger partial charge >= 0.3 is 0 Å². The normalized spacial score (nSPS) is 22.3. The van der Waals surface area contributed by atoms with Gasteiger partial charge in [-0.1, -0.05) is 44.2 Å². The minimum Gasteiger partial charge on any atom is -0.374 e. The Hall–Kier alpha value is -0.900. The smallest absolute Gasteiger partial charge is 0.0896 e. The molecule has 1 N–H and O–H groups in total. The van der Waals surface area contributed by atoms with Gasteiger partial charge in [-0.05, 0) is 25.1 Å². The zero-order valence-corrected chi connectivity index (χ0v) is 12.1. The van der Waals surface area contributed by atoms with Crippen molar-refractivity contribution in [2.75, 3.05) is 32.8 Å². The minimum absolute atomic E-state index is 0.252. The maximum atomic E-state index is 6.02. The van der Waals surface area contributed by atoms with Crippen molar-refractivity contribution in [3.63, 3.8) is 0 Å². The van der Waals surface area contributed by atoms with Crippen molar-refractivity contribution in [3.8, 4) is 0 Å². The molecule has 0 amide bonds. The molecule has 0 bridgehead atoms. The molecule has 2 unspecified atom stereocenters. The van der Waals surface area contributed by atoms with Crippen LogP contribution in [0.4, 0.5) is 0 Å². The molecular weight excluding hydrogens is 236 g/mol. The largest absolute Gasteiger partial charge is 0.374 e. The number of nitrogens with one attached hydrogen (secondary N) is 1. The molecule has 2 atom stereocenters. The van der Waals surface area contributed by atoms with Crippen LogP contribution in [0.25, 0.3) is 0 Å². The van der Waals surface area contributed by atoms with Crippen molar-refractivity contribution >= 4 is 0 Å². The average Bonchev–Trinajstić information content (AvgIpc) is 2.46. The van der Waals surface area contributed by atoms with Crippen molar-refractivity contribution in [2.45, 2.75) is 32.4 Å². The SMILES string of the molecule is CCCN1CCOC(C(NCC)c2ccccc2)C1. The van der Waals surface area contributed by atoms with Crippen LogP contribution in [-0.4, -0.2) is 43.8 Å². The maximum Gasteiger partial charge on any atom is 0.0896 e. The quantitative estimate of drug-likeness (QED) is 0.852. The summed E-state index contributed by atoms with van der Waals surface area (Å²) in [5.41, 5.74) is 1.33. The molecule has 1 fully saturated rings. The number of morpholine rings is 1. The van der Waals surface area contributed by atoms with Crippen LogP contribution >= 0.6 is 0 Å². The van der Waals surface area contributed by atoms with Crippen LogP contribution < -0.4 is 5.32 Å². The van der Waals surface area contributed by atoms with E-state index in [1.807, 2.05) is 0 Å². The van der Waals surface area contributed by atoms with E-state index in [4.69, 9.17) is 4.74 Å². The molecule has 0 spiro atoms. The summed E-state index contributed by atoms with van der Waals surface area (Å²) in [5, 5.41) is 3.58. The zero-order chi connectivity index (χ0) is 13.5. The van der Waals surface area contributed by atoms with Gasteiger partial charge in [0.25, 0.3) is 0 Å². The second kappa shape index (κ2) is 7.63. The van der Waals surface area contributed by atoms with Crippen LogP contribution in [0.3, 0.4) is 0 Å². The van der Waals surface area contributed by atoms with Crippen LogP contribution in [0.15, 0.2) is 30.3 Å². The van der Waals surface area contributed by atoms with Gasteiger partial charge < -0.3 is 10.1 Å². The Morgan fingerprint density at radius 1 is 1.32 bits per heavy atom. The Balaban J connectivity index is 2.06. The molecule has 19 heavy (non-hydrogen) atoms. The highest BCUT2D eigenvalue weighted by molar-refractivity contribution is 5.20. The highest BCUT2D eigenvalue weighted by Crippen LogP contribution is 2.22. The van der Waals surface area contributed by atoms with E-state index in [2.05, 4.69) is 54.4 Å². The third-order valence-electron chi connectivity index (χ3n) is 3.67. The zero-order valence-electron chi connectivity index (χ0n) is 12.1. The summed E-state index contributed by atoms with van der Waals surface area (Å²) in [7, 11) is 0. The fourth-order valence-corrected chi connectivity index (χ4v) is 2.80. The van der Waals surface area contributed by atoms with E-state index in [9.17, 15) is 0 Å². The fraction of sp³-hybridized carbons (Fsp3) is 0.625. The molecule has 2 rings (SSSR count). The third kappa shape index (κ3) is 4.03. The lowest BCUT2D eigenvalue weighted by atomic mass is 10.00. The predicted octanol–water partition coefficient (Wildman–Crippen LogP) is 2.45. The Labute approximate surface area is 116 Å². The van der Waals surface area contributed by atoms with E-state index in [1.54, 1.807) is 0 Å². The average molecular weight is 262 g/mol. The standard InChI is InChI=1S/C16H26N2O/c1-3-10-18-11-12-19-15(13-18)16(17-4-2)14-8-6-5-7-9-14/h5-9,15-17H,3-4,10-13H2,1-2H3. The van der Waals surface area contributed by atoms with Crippen molar-refractivity contribution in [1.82, 2.24) is 10.2 Å². The van der Waals surface area contributed by atoms with Crippen LogP contribution in [0.1, 0.15) is 31.9 Å².